The van der Waals surface area contributed by atoms with E-state index in [1.54, 1.807) is 6.08 Å². The van der Waals surface area contributed by atoms with Crippen molar-refractivity contribution in [1.29, 1.82) is 0 Å². The zero-order valence-electron chi connectivity index (χ0n) is 12.3. The molecule has 1 heterocycles. The van der Waals surface area contributed by atoms with Crippen LogP contribution in [0.15, 0.2) is 28.7 Å². The Bertz CT molecular complexity index is 523. The molecule has 1 aromatic carbocycles. The average Bonchev–Trinajstić information content (AvgIpc) is 2.47. The Morgan fingerprint density at radius 2 is 2.05 bits per heavy atom. The molecule has 0 aromatic heterocycles. The maximum atomic E-state index is 10.7. The molecule has 1 aliphatic rings. The van der Waals surface area contributed by atoms with Gasteiger partial charge in [0.1, 0.15) is 0 Å². The topological polar surface area (TPSA) is 43.8 Å². The molecule has 1 fully saturated rings. The molecule has 0 unspecified atom stereocenters. The first-order valence-corrected chi connectivity index (χ1v) is 8.07. The van der Waals surface area contributed by atoms with Crippen LogP contribution in [-0.2, 0) is 4.79 Å². The lowest BCUT2D eigenvalue weighted by Gasteiger charge is -2.36. The largest absolute Gasteiger partial charge is 0.478 e. The van der Waals surface area contributed by atoms with Gasteiger partial charge in [-0.1, -0.05) is 28.9 Å². The molecule has 1 N–H and O–H groups in total. The fraction of sp³-hybridized carbons (Fsp3) is 0.438. The minimum Gasteiger partial charge on any atom is -0.478 e. The number of anilines is 1. The van der Waals surface area contributed by atoms with Gasteiger partial charge in [0.05, 0.1) is 0 Å². The minimum absolute atomic E-state index is 0.920. The van der Waals surface area contributed by atoms with Crippen LogP contribution in [-0.4, -0.2) is 48.7 Å². The van der Waals surface area contributed by atoms with Crippen molar-refractivity contribution in [2.24, 2.45) is 0 Å². The van der Waals surface area contributed by atoms with Gasteiger partial charge in [0.25, 0.3) is 0 Å². The maximum absolute atomic E-state index is 10.7. The molecule has 0 saturated carbocycles. The van der Waals surface area contributed by atoms with Gasteiger partial charge in [-0.2, -0.15) is 0 Å². The number of hydrogen-bond donors (Lipinski definition) is 1. The fourth-order valence-corrected chi connectivity index (χ4v) is 2.97. The van der Waals surface area contributed by atoms with Crippen LogP contribution < -0.4 is 4.90 Å². The fourth-order valence-electron chi connectivity index (χ4n) is 2.62. The zero-order valence-corrected chi connectivity index (χ0v) is 13.8. The summed E-state index contributed by atoms with van der Waals surface area (Å²) in [5, 5.41) is 8.81. The Balaban J connectivity index is 2.15. The number of carboxylic acid groups (broad SMARTS) is 1. The van der Waals surface area contributed by atoms with Gasteiger partial charge < -0.3 is 10.0 Å². The zero-order chi connectivity index (χ0) is 15.2. The number of aliphatic carboxylic acids is 1. The SMILES string of the molecule is CCCN1CCN(c2cc(Br)ccc2/C=C/C(=O)O)CC1. The Morgan fingerprint density at radius 1 is 1.33 bits per heavy atom. The predicted octanol–water partition coefficient (Wildman–Crippen LogP) is 3.08. The standard InChI is InChI=1S/C16H21BrN2O2/c1-2-7-18-8-10-19(11-9-18)15-12-14(17)5-3-13(15)4-6-16(20)21/h3-6,12H,2,7-11H2,1H3,(H,20,21)/b6-4+. The van der Waals surface area contributed by atoms with Gasteiger partial charge in [0.15, 0.2) is 0 Å². The highest BCUT2D eigenvalue weighted by molar-refractivity contribution is 9.10. The van der Waals surface area contributed by atoms with Crippen molar-refractivity contribution in [3.05, 3.63) is 34.3 Å². The van der Waals surface area contributed by atoms with E-state index in [9.17, 15) is 4.79 Å². The van der Waals surface area contributed by atoms with Crippen molar-refractivity contribution >= 4 is 33.7 Å². The average molecular weight is 353 g/mol. The van der Waals surface area contributed by atoms with E-state index in [1.807, 2.05) is 12.1 Å². The second kappa shape index (κ2) is 7.61. The Morgan fingerprint density at radius 3 is 2.67 bits per heavy atom. The van der Waals surface area contributed by atoms with E-state index in [1.165, 1.54) is 12.5 Å². The molecule has 0 spiro atoms. The van der Waals surface area contributed by atoms with Gasteiger partial charge in [-0.05, 0) is 36.7 Å². The summed E-state index contributed by atoms with van der Waals surface area (Å²) in [5.41, 5.74) is 2.04. The first kappa shape index (κ1) is 16.0. The third-order valence-electron chi connectivity index (χ3n) is 3.65. The molecule has 2 rings (SSSR count). The molecule has 114 valence electrons. The lowest BCUT2D eigenvalue weighted by Crippen LogP contribution is -2.46. The van der Waals surface area contributed by atoms with Gasteiger partial charge >= 0.3 is 5.97 Å². The Labute approximate surface area is 134 Å². The van der Waals surface area contributed by atoms with Crippen molar-refractivity contribution in [2.75, 3.05) is 37.6 Å². The van der Waals surface area contributed by atoms with Crippen molar-refractivity contribution in [2.45, 2.75) is 13.3 Å². The van der Waals surface area contributed by atoms with Crippen LogP contribution in [0.3, 0.4) is 0 Å². The van der Waals surface area contributed by atoms with Crippen molar-refractivity contribution in [1.82, 2.24) is 4.90 Å². The molecule has 0 bridgehead atoms. The van der Waals surface area contributed by atoms with E-state index in [2.05, 4.69) is 38.7 Å². The molecule has 21 heavy (non-hydrogen) atoms. The minimum atomic E-state index is -0.920. The molecule has 0 amide bonds. The van der Waals surface area contributed by atoms with E-state index in [0.717, 1.165) is 48.4 Å². The van der Waals surface area contributed by atoms with E-state index >= 15 is 0 Å². The molecule has 5 heteroatoms. The van der Waals surface area contributed by atoms with E-state index in [-0.39, 0.29) is 0 Å². The van der Waals surface area contributed by atoms with Gasteiger partial charge in [0.2, 0.25) is 0 Å². The maximum Gasteiger partial charge on any atom is 0.328 e. The molecule has 1 saturated heterocycles. The van der Waals surface area contributed by atoms with Crippen molar-refractivity contribution in [3.8, 4) is 0 Å². The van der Waals surface area contributed by atoms with Gasteiger partial charge in [-0.15, -0.1) is 0 Å². The second-order valence-electron chi connectivity index (χ2n) is 5.20. The Hall–Kier alpha value is -1.33. The summed E-state index contributed by atoms with van der Waals surface area (Å²) in [4.78, 5) is 15.5. The number of nitrogens with zero attached hydrogens (tertiary/aromatic N) is 2. The van der Waals surface area contributed by atoms with Crippen LogP contribution in [0.5, 0.6) is 0 Å². The highest BCUT2D eigenvalue weighted by atomic mass is 79.9. The molecule has 0 aliphatic carbocycles. The third-order valence-corrected chi connectivity index (χ3v) is 4.14. The molecule has 1 aromatic rings. The van der Waals surface area contributed by atoms with Crippen molar-refractivity contribution < 1.29 is 9.90 Å². The van der Waals surface area contributed by atoms with Crippen LogP contribution in [0.2, 0.25) is 0 Å². The third kappa shape index (κ3) is 4.58. The lowest BCUT2D eigenvalue weighted by molar-refractivity contribution is -0.131. The summed E-state index contributed by atoms with van der Waals surface area (Å²) in [6.45, 7) is 7.42. The van der Waals surface area contributed by atoms with Gasteiger partial charge in [-0.25, -0.2) is 4.79 Å². The van der Waals surface area contributed by atoms with Crippen molar-refractivity contribution in [3.63, 3.8) is 0 Å². The number of halogens is 1. The molecular weight excluding hydrogens is 332 g/mol. The molecule has 4 nitrogen and oxygen atoms in total. The summed E-state index contributed by atoms with van der Waals surface area (Å²) in [5.74, 6) is -0.920. The number of carbonyl (C=O) groups is 1. The predicted molar refractivity (Wildman–Crippen MR) is 89.8 cm³/mol. The lowest BCUT2D eigenvalue weighted by atomic mass is 10.1. The van der Waals surface area contributed by atoms with Crippen LogP contribution in [0.4, 0.5) is 5.69 Å². The highest BCUT2D eigenvalue weighted by Crippen LogP contribution is 2.27. The summed E-state index contributed by atoms with van der Waals surface area (Å²) >= 11 is 3.50. The second-order valence-corrected chi connectivity index (χ2v) is 6.12. The summed E-state index contributed by atoms with van der Waals surface area (Å²) in [7, 11) is 0. The molecule has 1 aliphatic heterocycles. The number of benzene rings is 1. The van der Waals surface area contributed by atoms with E-state index < -0.39 is 5.97 Å². The van der Waals surface area contributed by atoms with Gasteiger partial charge in [-0.3, -0.25) is 4.90 Å². The monoisotopic (exact) mass is 352 g/mol. The van der Waals surface area contributed by atoms with Crippen LogP contribution in [0.1, 0.15) is 18.9 Å². The smallest absolute Gasteiger partial charge is 0.328 e. The molecular formula is C16H21BrN2O2. The van der Waals surface area contributed by atoms with Crippen LogP contribution in [0, 0.1) is 0 Å². The summed E-state index contributed by atoms with van der Waals surface area (Å²) < 4.78 is 1.01. The highest BCUT2D eigenvalue weighted by Gasteiger charge is 2.18. The summed E-state index contributed by atoms with van der Waals surface area (Å²) in [6.07, 6.45) is 4.05. The molecule has 0 atom stereocenters. The van der Waals surface area contributed by atoms with Gasteiger partial charge in [0, 0.05) is 42.4 Å². The van der Waals surface area contributed by atoms with Crippen LogP contribution >= 0.6 is 15.9 Å². The van der Waals surface area contributed by atoms with E-state index in [0.29, 0.717) is 0 Å². The quantitative estimate of drug-likeness (QED) is 0.827. The summed E-state index contributed by atoms with van der Waals surface area (Å²) in [6, 6.07) is 5.96. The first-order chi connectivity index (χ1) is 10.1. The Kier molecular flexibility index (Phi) is 5.82. The van der Waals surface area contributed by atoms with E-state index in [4.69, 9.17) is 5.11 Å². The number of piperazine rings is 1. The van der Waals surface area contributed by atoms with Crippen LogP contribution in [0.25, 0.3) is 6.08 Å². The number of carboxylic acids is 1. The first-order valence-electron chi connectivity index (χ1n) is 7.28. The molecule has 0 radical (unpaired) electrons. The number of hydrogen-bond acceptors (Lipinski definition) is 3. The number of rotatable bonds is 5. The normalized spacial score (nSPS) is 16.6.